The predicted octanol–water partition coefficient (Wildman–Crippen LogP) is 10.9. The number of aromatic amines is 1. The second-order valence-electron chi connectivity index (χ2n) is 21.5. The van der Waals surface area contributed by atoms with Crippen molar-refractivity contribution in [1.29, 1.82) is 5.26 Å². The summed E-state index contributed by atoms with van der Waals surface area (Å²) in [6.45, 7) is 8.71. The number of nitrogens with zero attached hydrogens (tertiary/aromatic N) is 5. The Labute approximate surface area is 506 Å². The van der Waals surface area contributed by atoms with Crippen molar-refractivity contribution in [2.75, 3.05) is 45.9 Å². The molecule has 2 aromatic heterocycles. The zero-order valence-electron chi connectivity index (χ0n) is 49.3. The van der Waals surface area contributed by atoms with Gasteiger partial charge >= 0.3 is 6.09 Å². The summed E-state index contributed by atoms with van der Waals surface area (Å²) in [6.07, 6.45) is -1.12. The number of ether oxygens (including phenoxy) is 5. The highest BCUT2D eigenvalue weighted by atomic mass is 31.2. The molecule has 1 aliphatic carbocycles. The van der Waals surface area contributed by atoms with Crippen LogP contribution in [0.1, 0.15) is 103 Å². The number of hydrogen-bond acceptors (Lipinski definition) is 15. The van der Waals surface area contributed by atoms with Gasteiger partial charge in [-0.3, -0.25) is 29.3 Å². The van der Waals surface area contributed by atoms with Crippen molar-refractivity contribution in [3.05, 3.63) is 207 Å². The van der Waals surface area contributed by atoms with E-state index in [0.29, 0.717) is 17.1 Å². The van der Waals surface area contributed by atoms with Crippen molar-refractivity contribution < 1.29 is 47.1 Å². The summed E-state index contributed by atoms with van der Waals surface area (Å²) in [7, 11) is 1.46. The van der Waals surface area contributed by atoms with E-state index in [2.05, 4.69) is 93.6 Å². The number of carbonyl (C=O) groups is 3. The van der Waals surface area contributed by atoms with E-state index in [4.69, 9.17) is 32.7 Å². The number of benzene rings is 6. The quantitative estimate of drug-likeness (QED) is 0.0224. The second kappa shape index (κ2) is 28.1. The summed E-state index contributed by atoms with van der Waals surface area (Å²) in [5.41, 5.74) is 6.44. The molecule has 0 saturated carbocycles. The van der Waals surface area contributed by atoms with Crippen LogP contribution in [-0.4, -0.2) is 107 Å². The molecule has 20 nitrogen and oxygen atoms in total. The molecule has 21 heteroatoms. The summed E-state index contributed by atoms with van der Waals surface area (Å²) < 4.78 is 48.5. The predicted molar refractivity (Wildman–Crippen MR) is 329 cm³/mol. The number of carbonyl (C=O) groups excluding carboxylic acids is 3. The van der Waals surface area contributed by atoms with Crippen LogP contribution in [0.4, 0.5) is 10.7 Å². The number of nitrogens with one attached hydrogen (secondary N) is 4. The van der Waals surface area contributed by atoms with Crippen LogP contribution in [0.5, 0.6) is 11.5 Å². The fraction of sp³-hybridized carbons (Fsp3) is 0.318. The Kier molecular flexibility index (Phi) is 19.8. The molecule has 4 N–H and O–H groups in total. The minimum absolute atomic E-state index is 0.000352. The summed E-state index contributed by atoms with van der Waals surface area (Å²) in [5, 5.41) is 17.8. The van der Waals surface area contributed by atoms with Crippen LogP contribution in [0.15, 0.2) is 163 Å². The number of nitriles is 1. The molecule has 4 atom stereocenters. The Bertz CT molecular complexity index is 3660. The first-order valence-electron chi connectivity index (χ1n) is 28.9. The Balaban J connectivity index is 0.818. The Morgan fingerprint density at radius 3 is 2.01 bits per heavy atom. The van der Waals surface area contributed by atoms with Gasteiger partial charge in [0.1, 0.15) is 36.0 Å². The zero-order valence-corrected chi connectivity index (χ0v) is 50.2. The number of aromatic nitrogens is 4. The Morgan fingerprint density at radius 2 is 1.40 bits per heavy atom. The van der Waals surface area contributed by atoms with Crippen molar-refractivity contribution in [2.24, 2.45) is 0 Å². The third-order valence-electron chi connectivity index (χ3n) is 15.3. The van der Waals surface area contributed by atoms with Gasteiger partial charge in [-0.2, -0.15) is 10.2 Å². The van der Waals surface area contributed by atoms with Crippen molar-refractivity contribution in [2.45, 2.75) is 95.5 Å². The number of fused-ring (bicyclic) bond motifs is 4. The van der Waals surface area contributed by atoms with Crippen LogP contribution >= 0.6 is 8.53 Å². The summed E-state index contributed by atoms with van der Waals surface area (Å²) >= 11 is 0. The number of amides is 3. The molecule has 450 valence electrons. The molecular weight excluding hydrogens is 1130 g/mol. The van der Waals surface area contributed by atoms with Crippen LogP contribution in [0.25, 0.3) is 22.3 Å². The molecular formula is C66H70N9O11P. The molecule has 3 unspecified atom stereocenters. The van der Waals surface area contributed by atoms with Crippen LogP contribution in [0, 0.1) is 11.3 Å². The van der Waals surface area contributed by atoms with Gasteiger partial charge < -0.3 is 43.4 Å². The van der Waals surface area contributed by atoms with Crippen LogP contribution < -0.4 is 31.0 Å². The number of alkyl carbamates (subject to hydrolysis) is 1. The fourth-order valence-corrected chi connectivity index (χ4v) is 13.0. The van der Waals surface area contributed by atoms with E-state index < -0.39 is 56.0 Å². The summed E-state index contributed by atoms with van der Waals surface area (Å²) in [5.74, 6) is 0.205. The largest absolute Gasteiger partial charge is 0.497 e. The fourth-order valence-electron chi connectivity index (χ4n) is 11.2. The second-order valence-corrected chi connectivity index (χ2v) is 22.9. The van der Waals surface area contributed by atoms with E-state index in [1.807, 2.05) is 103 Å². The third-order valence-corrected chi connectivity index (χ3v) is 17.5. The third kappa shape index (κ3) is 13.9. The first kappa shape index (κ1) is 61.3. The maximum Gasteiger partial charge on any atom is 0.407 e. The molecule has 8 aromatic rings. The molecule has 0 spiro atoms. The lowest BCUT2D eigenvalue weighted by molar-refractivity contribution is -0.116. The lowest BCUT2D eigenvalue weighted by atomic mass is 9.80. The lowest BCUT2D eigenvalue weighted by Crippen LogP contribution is -2.39. The monoisotopic (exact) mass is 1200 g/mol. The van der Waals surface area contributed by atoms with Gasteiger partial charge in [0.05, 0.1) is 52.4 Å². The van der Waals surface area contributed by atoms with Gasteiger partial charge in [0.25, 0.3) is 20.0 Å². The van der Waals surface area contributed by atoms with Crippen LogP contribution in [0.2, 0.25) is 0 Å². The zero-order chi connectivity index (χ0) is 61.0. The molecule has 1 aliphatic heterocycles. The van der Waals surface area contributed by atoms with Crippen molar-refractivity contribution in [3.63, 3.8) is 0 Å². The number of rotatable bonds is 26. The van der Waals surface area contributed by atoms with E-state index in [1.165, 1.54) is 6.33 Å². The first-order chi connectivity index (χ1) is 42.3. The molecule has 1 saturated heterocycles. The highest BCUT2D eigenvalue weighted by Gasteiger charge is 2.45. The first-order valence-corrected chi connectivity index (χ1v) is 30.0. The van der Waals surface area contributed by atoms with Crippen molar-refractivity contribution >= 4 is 43.5 Å². The van der Waals surface area contributed by atoms with Gasteiger partial charge in [-0.05, 0) is 109 Å². The van der Waals surface area contributed by atoms with Gasteiger partial charge in [0.2, 0.25) is 11.9 Å². The van der Waals surface area contributed by atoms with E-state index in [1.54, 1.807) is 43.1 Å². The normalized spacial score (nSPS) is 15.9. The van der Waals surface area contributed by atoms with E-state index in [-0.39, 0.29) is 87.3 Å². The van der Waals surface area contributed by atoms with E-state index >= 15 is 0 Å². The summed E-state index contributed by atoms with van der Waals surface area (Å²) in [4.78, 5) is 64.9. The maximum absolute atomic E-state index is 13.7. The minimum atomic E-state index is -1.77. The number of imidazole rings is 1. The Hall–Kier alpha value is -8.80. The van der Waals surface area contributed by atoms with Gasteiger partial charge in [-0.1, -0.05) is 115 Å². The highest BCUT2D eigenvalue weighted by molar-refractivity contribution is 7.44. The average Bonchev–Trinajstić information content (AvgIpc) is 1.86. The molecule has 6 aromatic carbocycles. The number of hydrogen-bond donors (Lipinski definition) is 4. The van der Waals surface area contributed by atoms with Crippen LogP contribution in [-0.2, 0) is 40.2 Å². The molecule has 1 fully saturated rings. The van der Waals surface area contributed by atoms with Gasteiger partial charge in [-0.25, -0.2) is 14.4 Å². The smallest absolute Gasteiger partial charge is 0.407 e. The topological polar surface area (TPSA) is 243 Å². The van der Waals surface area contributed by atoms with Gasteiger partial charge in [-0.15, -0.1) is 0 Å². The van der Waals surface area contributed by atoms with Crippen molar-refractivity contribution in [3.8, 4) is 28.7 Å². The number of H-pyrrole nitrogens is 1. The molecule has 10 rings (SSSR count). The van der Waals surface area contributed by atoms with E-state index in [9.17, 15) is 24.4 Å². The molecule has 3 heterocycles. The molecule has 0 bridgehead atoms. The SMILES string of the molecule is COc1ccc(C(OC[C@H]2OC(n3cnc4c(=O)[nH]c(NC(=O)CCNC(=O)c5ccc(CNC(=O)OCC6c7ccccc7-c7ccccc76)cc5)nc43)CC2OP(OCCC#N)N(C(C)C)C(C)C)(c2ccccc2)c2ccc(OC)cc2)cc1. The maximum atomic E-state index is 13.7. The molecule has 2 aliphatic rings. The highest BCUT2D eigenvalue weighted by Crippen LogP contribution is 2.51. The lowest BCUT2D eigenvalue weighted by Gasteiger charge is -2.39. The Morgan fingerprint density at radius 1 is 0.793 bits per heavy atom. The van der Waals surface area contributed by atoms with Gasteiger partial charge in [0.15, 0.2) is 11.2 Å². The number of methoxy groups -OCH3 is 2. The van der Waals surface area contributed by atoms with Crippen LogP contribution in [0.3, 0.4) is 0 Å². The molecule has 0 radical (unpaired) electrons. The van der Waals surface area contributed by atoms with E-state index in [0.717, 1.165) is 44.5 Å². The van der Waals surface area contributed by atoms with Gasteiger partial charge in [0, 0.05) is 49.5 Å². The average molecular weight is 1200 g/mol. The van der Waals surface area contributed by atoms with Crippen molar-refractivity contribution in [1.82, 2.24) is 34.8 Å². The molecule has 87 heavy (non-hydrogen) atoms. The minimum Gasteiger partial charge on any atom is -0.497 e. The number of anilines is 1. The summed E-state index contributed by atoms with van der Waals surface area (Å²) in [6, 6.07) is 50.5. The standard InChI is InChI=1S/C66H70N9O11P/c1-42(2)75(43(3)4)87(84-36-14-34-67)86-56-37-59(85-57(56)40-83-66(46-15-8-7-9-16-46,47-25-29-49(80-5)30-26-47)48-27-31-50(81-6)32-28-48)74-41-70-60-61(74)72-64(73-63(60)78)71-58(76)33-35-68-62(77)45-23-21-44(22-24-45)38-69-65(79)82-39-55-53-19-12-10-17-51(53)52-18-11-13-20-54(52)55/h7-13,15-32,41-43,55-57,59H,14,33,35-40H2,1-6H3,(H,68,77)(H,69,79)(H2,71,72,73,76,78)/t56?,57-,59?,87?/m1/s1. The molecule has 3 amide bonds.